The van der Waals surface area contributed by atoms with Gasteiger partial charge in [0.15, 0.2) is 12.1 Å². The Bertz CT molecular complexity index is 686. The SMILES string of the molecule is O=C(c1cocn1)N1C[C@@H]2CCC[C@@](O)(c3ccccc3)[C@@H]2C1. The second-order valence-electron chi connectivity index (χ2n) is 6.63. The molecule has 1 aromatic heterocycles. The van der Waals surface area contributed by atoms with Crippen molar-refractivity contribution in [2.75, 3.05) is 13.1 Å². The van der Waals surface area contributed by atoms with Crippen LogP contribution in [0.15, 0.2) is 47.4 Å². The molecule has 0 radical (unpaired) electrons. The Balaban J connectivity index is 1.61. The number of rotatable bonds is 2. The first-order chi connectivity index (χ1) is 11.2. The number of benzene rings is 1. The zero-order valence-electron chi connectivity index (χ0n) is 12.9. The van der Waals surface area contributed by atoms with E-state index < -0.39 is 5.60 Å². The predicted molar refractivity (Wildman–Crippen MR) is 83.6 cm³/mol. The summed E-state index contributed by atoms with van der Waals surface area (Å²) in [5.41, 5.74) is 0.459. The number of aliphatic hydroxyl groups is 1. The third-order valence-corrected chi connectivity index (χ3v) is 5.40. The van der Waals surface area contributed by atoms with Gasteiger partial charge in [0.2, 0.25) is 0 Å². The summed E-state index contributed by atoms with van der Waals surface area (Å²) in [5.74, 6) is 0.308. The van der Waals surface area contributed by atoms with Gasteiger partial charge in [0, 0.05) is 19.0 Å². The molecule has 1 saturated carbocycles. The van der Waals surface area contributed by atoms with Crippen molar-refractivity contribution in [1.82, 2.24) is 9.88 Å². The molecule has 2 fully saturated rings. The Morgan fingerprint density at radius 3 is 2.87 bits per heavy atom. The lowest BCUT2D eigenvalue weighted by Gasteiger charge is -2.41. The lowest BCUT2D eigenvalue weighted by Crippen LogP contribution is -2.42. The van der Waals surface area contributed by atoms with Crippen molar-refractivity contribution >= 4 is 5.91 Å². The molecule has 23 heavy (non-hydrogen) atoms. The van der Waals surface area contributed by atoms with E-state index in [9.17, 15) is 9.90 Å². The fourth-order valence-electron chi connectivity index (χ4n) is 4.26. The highest BCUT2D eigenvalue weighted by Crippen LogP contribution is 2.48. The molecule has 3 atom stereocenters. The zero-order valence-corrected chi connectivity index (χ0v) is 12.9. The zero-order chi connectivity index (χ0) is 15.9. The molecule has 0 unspecified atom stereocenters. The molecule has 5 heteroatoms. The summed E-state index contributed by atoms with van der Waals surface area (Å²) in [5, 5.41) is 11.4. The fraction of sp³-hybridized carbons (Fsp3) is 0.444. The van der Waals surface area contributed by atoms with E-state index in [4.69, 9.17) is 4.42 Å². The van der Waals surface area contributed by atoms with Crippen LogP contribution in [-0.2, 0) is 5.60 Å². The van der Waals surface area contributed by atoms with E-state index in [2.05, 4.69) is 4.98 Å². The van der Waals surface area contributed by atoms with Crippen LogP contribution in [0.5, 0.6) is 0 Å². The maximum absolute atomic E-state index is 12.5. The molecule has 1 aromatic carbocycles. The van der Waals surface area contributed by atoms with E-state index in [1.807, 2.05) is 35.2 Å². The van der Waals surface area contributed by atoms with Crippen LogP contribution in [0.1, 0.15) is 35.3 Å². The van der Waals surface area contributed by atoms with Crippen LogP contribution >= 0.6 is 0 Å². The maximum Gasteiger partial charge on any atom is 0.275 e. The summed E-state index contributed by atoms with van der Waals surface area (Å²) in [6, 6.07) is 9.87. The van der Waals surface area contributed by atoms with E-state index in [0.29, 0.717) is 24.7 Å². The molecular weight excluding hydrogens is 292 g/mol. The monoisotopic (exact) mass is 312 g/mol. The number of carbonyl (C=O) groups excluding carboxylic acids is 1. The van der Waals surface area contributed by atoms with Gasteiger partial charge in [-0.3, -0.25) is 4.79 Å². The highest BCUT2D eigenvalue weighted by atomic mass is 16.3. The standard InChI is InChI=1S/C18H20N2O3/c21-17(16-11-23-12-19-16)20-9-13-5-4-8-18(22,15(13)10-20)14-6-2-1-3-7-14/h1-3,6-7,11-13,15,22H,4-5,8-10H2/t13-,15+,18+/m0/s1. The normalized spacial score (nSPS) is 30.2. The highest BCUT2D eigenvalue weighted by molar-refractivity contribution is 5.92. The molecule has 2 aromatic rings. The molecule has 2 heterocycles. The van der Waals surface area contributed by atoms with Crippen molar-refractivity contribution < 1.29 is 14.3 Å². The Morgan fingerprint density at radius 1 is 1.30 bits per heavy atom. The van der Waals surface area contributed by atoms with Crippen LogP contribution in [0.25, 0.3) is 0 Å². The first-order valence-electron chi connectivity index (χ1n) is 8.14. The third kappa shape index (κ3) is 2.36. The summed E-state index contributed by atoms with van der Waals surface area (Å²) in [4.78, 5) is 18.3. The van der Waals surface area contributed by atoms with Gasteiger partial charge in [-0.15, -0.1) is 0 Å². The molecular formula is C18H20N2O3. The van der Waals surface area contributed by atoms with E-state index in [0.717, 1.165) is 24.8 Å². The first kappa shape index (κ1) is 14.5. The van der Waals surface area contributed by atoms with Gasteiger partial charge in [-0.05, 0) is 30.7 Å². The number of nitrogens with zero attached hydrogens (tertiary/aromatic N) is 2. The number of hydrogen-bond donors (Lipinski definition) is 1. The van der Waals surface area contributed by atoms with Crippen LogP contribution in [0.4, 0.5) is 0 Å². The second kappa shape index (κ2) is 5.49. The molecule has 0 bridgehead atoms. The molecule has 1 saturated heterocycles. The number of aromatic nitrogens is 1. The number of carbonyl (C=O) groups is 1. The van der Waals surface area contributed by atoms with Gasteiger partial charge in [0.1, 0.15) is 6.26 Å². The topological polar surface area (TPSA) is 66.6 Å². The minimum absolute atomic E-state index is 0.0782. The van der Waals surface area contributed by atoms with Gasteiger partial charge in [-0.25, -0.2) is 4.98 Å². The van der Waals surface area contributed by atoms with Crippen LogP contribution < -0.4 is 0 Å². The Labute approximate surface area is 134 Å². The summed E-state index contributed by atoms with van der Waals surface area (Å²) < 4.78 is 4.92. The van der Waals surface area contributed by atoms with Gasteiger partial charge in [0.05, 0.1) is 5.60 Å². The molecule has 4 rings (SSSR count). The summed E-state index contributed by atoms with van der Waals surface area (Å²) in [7, 11) is 0. The van der Waals surface area contributed by atoms with Gasteiger partial charge in [0.25, 0.3) is 5.91 Å². The van der Waals surface area contributed by atoms with Crippen molar-refractivity contribution in [1.29, 1.82) is 0 Å². The minimum Gasteiger partial charge on any atom is -0.451 e. The fourth-order valence-corrected chi connectivity index (χ4v) is 4.26. The highest BCUT2D eigenvalue weighted by Gasteiger charge is 2.50. The van der Waals surface area contributed by atoms with Gasteiger partial charge < -0.3 is 14.4 Å². The molecule has 5 nitrogen and oxygen atoms in total. The number of fused-ring (bicyclic) bond motifs is 1. The summed E-state index contributed by atoms with van der Waals surface area (Å²) in [6.07, 6.45) is 5.45. The summed E-state index contributed by atoms with van der Waals surface area (Å²) >= 11 is 0. The molecule has 1 aliphatic heterocycles. The Hall–Kier alpha value is -2.14. The number of hydrogen-bond acceptors (Lipinski definition) is 4. The van der Waals surface area contributed by atoms with E-state index >= 15 is 0 Å². The van der Waals surface area contributed by atoms with Crippen LogP contribution in [0.2, 0.25) is 0 Å². The Morgan fingerprint density at radius 2 is 2.13 bits per heavy atom. The molecule has 120 valence electrons. The van der Waals surface area contributed by atoms with Crippen molar-refractivity contribution in [3.05, 3.63) is 54.2 Å². The maximum atomic E-state index is 12.5. The summed E-state index contributed by atoms with van der Waals surface area (Å²) in [6.45, 7) is 1.26. The van der Waals surface area contributed by atoms with Gasteiger partial charge in [-0.1, -0.05) is 30.3 Å². The van der Waals surface area contributed by atoms with Crippen molar-refractivity contribution in [3.63, 3.8) is 0 Å². The van der Waals surface area contributed by atoms with Crippen LogP contribution in [0, 0.1) is 11.8 Å². The van der Waals surface area contributed by atoms with E-state index in [1.54, 1.807) is 0 Å². The molecule has 1 N–H and O–H groups in total. The molecule has 0 spiro atoms. The van der Waals surface area contributed by atoms with Gasteiger partial charge in [-0.2, -0.15) is 0 Å². The van der Waals surface area contributed by atoms with Crippen molar-refractivity contribution in [2.45, 2.75) is 24.9 Å². The lowest BCUT2D eigenvalue weighted by atomic mass is 9.67. The molecule has 2 aliphatic rings. The lowest BCUT2D eigenvalue weighted by molar-refractivity contribution is -0.0644. The average Bonchev–Trinajstić information content (AvgIpc) is 3.25. The number of likely N-dealkylation sites (tertiary alicyclic amines) is 1. The second-order valence-corrected chi connectivity index (χ2v) is 6.63. The minimum atomic E-state index is -0.844. The average molecular weight is 312 g/mol. The quantitative estimate of drug-likeness (QED) is 0.925. The molecule has 1 amide bonds. The smallest absolute Gasteiger partial charge is 0.275 e. The number of amides is 1. The largest absolute Gasteiger partial charge is 0.451 e. The first-order valence-corrected chi connectivity index (χ1v) is 8.14. The van der Waals surface area contributed by atoms with Crippen LogP contribution in [0.3, 0.4) is 0 Å². The van der Waals surface area contributed by atoms with E-state index in [1.165, 1.54) is 12.7 Å². The Kier molecular flexibility index (Phi) is 3.45. The molecule has 1 aliphatic carbocycles. The predicted octanol–water partition coefficient (Wildman–Crippen LogP) is 2.43. The van der Waals surface area contributed by atoms with Gasteiger partial charge >= 0.3 is 0 Å². The number of oxazole rings is 1. The van der Waals surface area contributed by atoms with E-state index in [-0.39, 0.29) is 11.8 Å². The van der Waals surface area contributed by atoms with Crippen LogP contribution in [-0.4, -0.2) is 34.0 Å². The van der Waals surface area contributed by atoms with Crippen molar-refractivity contribution in [2.24, 2.45) is 11.8 Å². The van der Waals surface area contributed by atoms with Crippen molar-refractivity contribution in [3.8, 4) is 0 Å². The third-order valence-electron chi connectivity index (χ3n) is 5.40.